The number of carbonyl (C=O) groups is 1. The molecule has 7 heteroatoms. The highest BCUT2D eigenvalue weighted by molar-refractivity contribution is 5.71. The predicted octanol–water partition coefficient (Wildman–Crippen LogP) is 0.996. The quantitative estimate of drug-likeness (QED) is 0.473. The number of nitrogens with zero attached hydrogens (tertiary/aromatic N) is 1. The average molecular weight is 242 g/mol. The van der Waals surface area contributed by atoms with Gasteiger partial charge < -0.3 is 10.1 Å². The van der Waals surface area contributed by atoms with Gasteiger partial charge in [0.1, 0.15) is 5.82 Å². The lowest BCUT2D eigenvalue weighted by Crippen LogP contribution is -2.23. The van der Waals surface area contributed by atoms with Gasteiger partial charge in [-0.2, -0.15) is 0 Å². The van der Waals surface area contributed by atoms with E-state index in [1.165, 1.54) is 7.11 Å². The van der Waals surface area contributed by atoms with Crippen molar-refractivity contribution in [3.8, 4) is 0 Å². The van der Waals surface area contributed by atoms with Crippen LogP contribution in [0.3, 0.4) is 0 Å². The maximum absolute atomic E-state index is 12.9. The van der Waals surface area contributed by atoms with E-state index in [4.69, 9.17) is 0 Å². The number of hydrogen-bond donors (Lipinski definition) is 1. The number of nitro benzene ring substituents is 1. The van der Waals surface area contributed by atoms with Crippen molar-refractivity contribution in [2.24, 2.45) is 0 Å². The van der Waals surface area contributed by atoms with Crippen molar-refractivity contribution in [3.05, 3.63) is 39.7 Å². The van der Waals surface area contributed by atoms with Gasteiger partial charge in [0.05, 0.1) is 18.6 Å². The molecule has 0 aliphatic carbocycles. The van der Waals surface area contributed by atoms with Crippen LogP contribution in [-0.4, -0.2) is 24.5 Å². The van der Waals surface area contributed by atoms with Gasteiger partial charge in [-0.1, -0.05) is 0 Å². The van der Waals surface area contributed by atoms with Gasteiger partial charge in [-0.25, -0.2) is 4.39 Å². The molecule has 0 heterocycles. The summed E-state index contributed by atoms with van der Waals surface area (Å²) in [6.07, 6.45) is 0. The van der Waals surface area contributed by atoms with Crippen molar-refractivity contribution < 1.29 is 18.8 Å². The highest BCUT2D eigenvalue weighted by atomic mass is 19.1. The molecule has 0 spiro atoms. The topological polar surface area (TPSA) is 81.5 Å². The van der Waals surface area contributed by atoms with E-state index >= 15 is 0 Å². The van der Waals surface area contributed by atoms with Crippen LogP contribution in [0.15, 0.2) is 18.2 Å². The lowest BCUT2D eigenvalue weighted by molar-refractivity contribution is -0.385. The number of hydrogen-bond acceptors (Lipinski definition) is 5. The molecule has 0 aliphatic heterocycles. The second-order valence-corrected chi connectivity index (χ2v) is 3.21. The van der Waals surface area contributed by atoms with E-state index in [0.29, 0.717) is 0 Å². The molecule has 0 amide bonds. The molecule has 0 fully saturated rings. The molecule has 1 aromatic rings. The third-order valence-electron chi connectivity index (χ3n) is 2.05. The number of carbonyl (C=O) groups excluding carboxylic acids is 1. The lowest BCUT2D eigenvalue weighted by Gasteiger charge is -2.04. The smallest absolute Gasteiger partial charge is 0.319 e. The Morgan fingerprint density at radius 3 is 2.88 bits per heavy atom. The number of ether oxygens (including phenoxy) is 1. The molecular formula is C10H11FN2O4. The van der Waals surface area contributed by atoms with E-state index in [1.807, 2.05) is 0 Å². The first-order chi connectivity index (χ1) is 8.04. The zero-order chi connectivity index (χ0) is 12.8. The van der Waals surface area contributed by atoms with Crippen molar-refractivity contribution >= 4 is 11.7 Å². The molecule has 0 bridgehead atoms. The molecule has 0 radical (unpaired) electrons. The summed E-state index contributed by atoms with van der Waals surface area (Å²) in [5.74, 6) is -1.06. The number of nitro groups is 1. The molecule has 0 atom stereocenters. The van der Waals surface area contributed by atoms with Gasteiger partial charge >= 0.3 is 5.97 Å². The summed E-state index contributed by atoms with van der Waals surface area (Å²) in [4.78, 5) is 20.8. The number of esters is 1. The summed E-state index contributed by atoms with van der Waals surface area (Å²) in [6, 6.07) is 3.16. The van der Waals surface area contributed by atoms with Crippen molar-refractivity contribution in [2.45, 2.75) is 6.54 Å². The number of rotatable bonds is 5. The largest absolute Gasteiger partial charge is 0.468 e. The van der Waals surface area contributed by atoms with Crippen molar-refractivity contribution in [3.63, 3.8) is 0 Å². The number of nitrogens with one attached hydrogen (secondary N) is 1. The van der Waals surface area contributed by atoms with Crippen LogP contribution in [0.1, 0.15) is 5.56 Å². The minimum Gasteiger partial charge on any atom is -0.468 e. The highest BCUT2D eigenvalue weighted by Crippen LogP contribution is 2.19. The summed E-state index contributed by atoms with van der Waals surface area (Å²) in [5.41, 5.74) is -0.0114. The van der Waals surface area contributed by atoms with Crippen LogP contribution < -0.4 is 5.32 Å². The molecule has 0 aliphatic rings. The molecule has 17 heavy (non-hydrogen) atoms. The molecule has 0 saturated carbocycles. The second kappa shape index (κ2) is 5.90. The standard InChI is InChI=1S/C10H11FN2O4/c1-17-10(14)6-12-5-7-4-8(11)2-3-9(7)13(15)16/h2-4,12H,5-6H2,1H3. The van der Waals surface area contributed by atoms with Gasteiger partial charge in [0.25, 0.3) is 5.69 Å². The van der Waals surface area contributed by atoms with E-state index in [9.17, 15) is 19.3 Å². The average Bonchev–Trinajstić information content (AvgIpc) is 2.28. The number of benzene rings is 1. The van der Waals surface area contributed by atoms with Gasteiger partial charge in [0.2, 0.25) is 0 Å². The van der Waals surface area contributed by atoms with Crippen molar-refractivity contribution in [1.29, 1.82) is 0 Å². The fourth-order valence-electron chi connectivity index (χ4n) is 1.25. The lowest BCUT2D eigenvalue weighted by atomic mass is 10.1. The Kier molecular flexibility index (Phi) is 4.53. The number of halogens is 1. The monoisotopic (exact) mass is 242 g/mol. The molecule has 1 aromatic carbocycles. The first-order valence-corrected chi connectivity index (χ1v) is 4.75. The molecule has 92 valence electrons. The first kappa shape index (κ1) is 13.0. The molecular weight excluding hydrogens is 231 g/mol. The van der Waals surface area contributed by atoms with E-state index in [2.05, 4.69) is 10.1 Å². The molecule has 0 saturated heterocycles. The minimum absolute atomic E-state index is 0.0170. The normalized spacial score (nSPS) is 10.0. The van der Waals surface area contributed by atoms with Crippen LogP contribution in [0.25, 0.3) is 0 Å². The summed E-state index contributed by atoms with van der Waals surface area (Å²) in [5, 5.41) is 13.3. The summed E-state index contributed by atoms with van der Waals surface area (Å²) >= 11 is 0. The van der Waals surface area contributed by atoms with Crippen molar-refractivity contribution in [2.75, 3.05) is 13.7 Å². The van der Waals surface area contributed by atoms with E-state index in [1.54, 1.807) is 0 Å². The Morgan fingerprint density at radius 1 is 1.59 bits per heavy atom. The van der Waals surface area contributed by atoms with Crippen LogP contribution in [0.4, 0.5) is 10.1 Å². The zero-order valence-corrected chi connectivity index (χ0v) is 9.10. The first-order valence-electron chi connectivity index (χ1n) is 4.75. The van der Waals surface area contributed by atoms with Crippen LogP contribution in [0.2, 0.25) is 0 Å². The van der Waals surface area contributed by atoms with Gasteiger partial charge in [-0.05, 0) is 12.1 Å². The Hall–Kier alpha value is -2.02. The third kappa shape index (κ3) is 3.80. The zero-order valence-electron chi connectivity index (χ0n) is 9.10. The fourth-order valence-corrected chi connectivity index (χ4v) is 1.25. The molecule has 1 rings (SSSR count). The van der Waals surface area contributed by atoms with Crippen molar-refractivity contribution in [1.82, 2.24) is 5.32 Å². The van der Waals surface area contributed by atoms with Crippen LogP contribution in [-0.2, 0) is 16.1 Å². The van der Waals surface area contributed by atoms with Gasteiger partial charge in [0, 0.05) is 18.2 Å². The molecule has 0 aromatic heterocycles. The van der Waals surface area contributed by atoms with Gasteiger partial charge in [-0.3, -0.25) is 14.9 Å². The molecule has 6 nitrogen and oxygen atoms in total. The molecule has 1 N–H and O–H groups in total. The van der Waals surface area contributed by atoms with E-state index < -0.39 is 16.7 Å². The second-order valence-electron chi connectivity index (χ2n) is 3.21. The maximum atomic E-state index is 12.9. The summed E-state index contributed by atoms with van der Waals surface area (Å²) in [7, 11) is 1.23. The summed E-state index contributed by atoms with van der Waals surface area (Å²) < 4.78 is 17.3. The molecule has 0 unspecified atom stereocenters. The minimum atomic E-state index is -0.603. The van der Waals surface area contributed by atoms with E-state index in [-0.39, 0.29) is 24.3 Å². The van der Waals surface area contributed by atoms with Crippen LogP contribution in [0, 0.1) is 15.9 Å². The SMILES string of the molecule is COC(=O)CNCc1cc(F)ccc1[N+](=O)[O-]. The Morgan fingerprint density at radius 2 is 2.29 bits per heavy atom. The van der Waals surface area contributed by atoms with Gasteiger partial charge in [-0.15, -0.1) is 0 Å². The Labute approximate surface area is 96.5 Å². The Bertz CT molecular complexity index is 436. The van der Waals surface area contributed by atoms with Gasteiger partial charge in [0.15, 0.2) is 0 Å². The predicted molar refractivity (Wildman–Crippen MR) is 56.8 cm³/mol. The summed E-state index contributed by atoms with van der Waals surface area (Å²) in [6.45, 7) is -0.0761. The van der Waals surface area contributed by atoms with Crippen LogP contribution in [0.5, 0.6) is 0 Å². The maximum Gasteiger partial charge on any atom is 0.319 e. The number of methoxy groups -OCH3 is 1. The third-order valence-corrected chi connectivity index (χ3v) is 2.05. The Balaban J connectivity index is 2.72. The highest BCUT2D eigenvalue weighted by Gasteiger charge is 2.14. The fraction of sp³-hybridized carbons (Fsp3) is 0.300. The van der Waals surface area contributed by atoms with Crippen LogP contribution >= 0.6 is 0 Å². The van der Waals surface area contributed by atoms with E-state index in [0.717, 1.165) is 18.2 Å².